The van der Waals surface area contributed by atoms with E-state index >= 15 is 0 Å². The summed E-state index contributed by atoms with van der Waals surface area (Å²) in [4.78, 5) is 4.53. The minimum atomic E-state index is 1.04. The lowest BCUT2D eigenvalue weighted by Gasteiger charge is -2.27. The van der Waals surface area contributed by atoms with Crippen molar-refractivity contribution in [2.75, 3.05) is 41.3 Å². The van der Waals surface area contributed by atoms with Gasteiger partial charge in [0, 0.05) is 25.8 Å². The Balaban J connectivity index is 2.60. The molecule has 0 unspecified atom stereocenters. The van der Waals surface area contributed by atoms with Gasteiger partial charge in [0.15, 0.2) is 0 Å². The summed E-state index contributed by atoms with van der Waals surface area (Å²) in [7, 11) is 8.11. The minimum absolute atomic E-state index is 1.04. The lowest BCUT2D eigenvalue weighted by molar-refractivity contribution is 0.285. The number of allylic oxidation sites excluding steroid dienone is 3. The van der Waals surface area contributed by atoms with Gasteiger partial charge in [-0.15, -0.1) is 0 Å². The molecular weight excluding hydrogens is 200 g/mol. The van der Waals surface area contributed by atoms with E-state index in [1.807, 2.05) is 0 Å². The van der Waals surface area contributed by atoms with E-state index < -0.39 is 0 Å². The molecule has 1 rings (SSSR count). The van der Waals surface area contributed by atoms with Crippen LogP contribution in [0.4, 0.5) is 0 Å². The van der Waals surface area contributed by atoms with Crippen LogP contribution < -0.4 is 0 Å². The zero-order valence-corrected chi connectivity index (χ0v) is 11.2. The summed E-state index contributed by atoms with van der Waals surface area (Å²) in [5, 5.41) is 0. The van der Waals surface area contributed by atoms with Crippen molar-refractivity contribution in [2.24, 2.45) is 0 Å². The Morgan fingerprint density at radius 1 is 1.19 bits per heavy atom. The molecule has 0 bridgehead atoms. The predicted octanol–water partition coefficient (Wildman–Crippen LogP) is 2.08. The Morgan fingerprint density at radius 2 is 1.88 bits per heavy atom. The Labute approximate surface area is 99.4 Å². The molecule has 0 atom stereocenters. The number of hydrogen-bond acceptors (Lipinski definition) is 3. The third kappa shape index (κ3) is 3.56. The van der Waals surface area contributed by atoms with Crippen molar-refractivity contribution in [2.45, 2.75) is 19.8 Å². The van der Waals surface area contributed by atoms with Crippen molar-refractivity contribution in [1.29, 1.82) is 0 Å². The van der Waals surface area contributed by atoms with E-state index in [-0.39, 0.29) is 0 Å². The summed E-state index contributed by atoms with van der Waals surface area (Å²) in [6, 6.07) is 0. The highest BCUT2D eigenvalue weighted by Crippen LogP contribution is 2.25. The molecule has 3 heteroatoms. The number of likely N-dealkylation sites (N-methyl/N-ethyl adjacent to an activating group) is 2. The van der Waals surface area contributed by atoms with Gasteiger partial charge in [0.2, 0.25) is 0 Å². The lowest BCUT2D eigenvalue weighted by Crippen LogP contribution is -2.29. The topological polar surface area (TPSA) is 15.7 Å². The van der Waals surface area contributed by atoms with Crippen LogP contribution in [-0.4, -0.2) is 51.1 Å². The molecule has 0 spiro atoms. The maximum absolute atomic E-state index is 5.38. The van der Waals surface area contributed by atoms with E-state index in [2.05, 4.69) is 43.9 Å². The van der Waals surface area contributed by atoms with Gasteiger partial charge in [-0.1, -0.05) is 0 Å². The van der Waals surface area contributed by atoms with E-state index in [0.717, 1.165) is 31.7 Å². The molecule has 1 aliphatic carbocycles. The van der Waals surface area contributed by atoms with Crippen molar-refractivity contribution in [3.63, 3.8) is 0 Å². The van der Waals surface area contributed by atoms with E-state index in [9.17, 15) is 0 Å². The summed E-state index contributed by atoms with van der Waals surface area (Å²) in [5.41, 5.74) is 2.73. The van der Waals surface area contributed by atoms with Crippen LogP contribution in [0.3, 0.4) is 0 Å². The normalized spacial score (nSPS) is 16.5. The molecule has 0 saturated carbocycles. The molecule has 0 aliphatic heterocycles. The Morgan fingerprint density at radius 3 is 2.44 bits per heavy atom. The zero-order valence-electron chi connectivity index (χ0n) is 11.2. The van der Waals surface area contributed by atoms with Crippen LogP contribution in [0.15, 0.2) is 23.1 Å². The highest BCUT2D eigenvalue weighted by molar-refractivity contribution is 5.27. The molecule has 0 aromatic carbocycles. The average Bonchev–Trinajstić information content (AvgIpc) is 2.26. The Bertz CT molecular complexity index is 292. The fourth-order valence-electron chi connectivity index (χ4n) is 1.81. The lowest BCUT2D eigenvalue weighted by atomic mass is 10.0. The second kappa shape index (κ2) is 5.94. The van der Waals surface area contributed by atoms with Gasteiger partial charge in [-0.05, 0) is 45.5 Å². The summed E-state index contributed by atoms with van der Waals surface area (Å²) in [6.07, 6.45) is 4.42. The second-order valence-corrected chi connectivity index (χ2v) is 4.71. The van der Waals surface area contributed by atoms with Gasteiger partial charge < -0.3 is 14.5 Å². The molecule has 0 aromatic rings. The van der Waals surface area contributed by atoms with Gasteiger partial charge in [-0.25, -0.2) is 0 Å². The summed E-state index contributed by atoms with van der Waals surface area (Å²) in [6.45, 7) is 4.29. The van der Waals surface area contributed by atoms with E-state index in [1.165, 1.54) is 11.3 Å². The molecule has 0 fully saturated rings. The quantitative estimate of drug-likeness (QED) is 0.711. The Hall–Kier alpha value is -0.960. The first-order chi connectivity index (χ1) is 7.54. The van der Waals surface area contributed by atoms with Gasteiger partial charge in [-0.3, -0.25) is 0 Å². The van der Waals surface area contributed by atoms with Crippen LogP contribution in [0.25, 0.3) is 0 Å². The van der Waals surface area contributed by atoms with Crippen LogP contribution in [0, 0.1) is 0 Å². The van der Waals surface area contributed by atoms with E-state index in [1.54, 1.807) is 7.11 Å². The summed E-state index contributed by atoms with van der Waals surface area (Å²) in [5.74, 6) is 1.04. The van der Waals surface area contributed by atoms with Crippen molar-refractivity contribution in [3.8, 4) is 0 Å². The fourth-order valence-corrected chi connectivity index (χ4v) is 1.81. The molecule has 0 heterocycles. The van der Waals surface area contributed by atoms with Crippen molar-refractivity contribution in [3.05, 3.63) is 23.1 Å². The highest BCUT2D eigenvalue weighted by atomic mass is 16.5. The monoisotopic (exact) mass is 224 g/mol. The van der Waals surface area contributed by atoms with Gasteiger partial charge in [0.1, 0.15) is 5.76 Å². The van der Waals surface area contributed by atoms with Gasteiger partial charge in [0.25, 0.3) is 0 Å². The fraction of sp³-hybridized carbons (Fsp3) is 0.692. The smallest absolute Gasteiger partial charge is 0.119 e. The molecule has 0 amide bonds. The molecule has 0 N–H and O–H groups in total. The SMILES string of the molecule is COC1=C(C)CCC(N(C)CCN(C)C)=C1. The van der Waals surface area contributed by atoms with Gasteiger partial charge >= 0.3 is 0 Å². The average molecular weight is 224 g/mol. The van der Waals surface area contributed by atoms with E-state index in [4.69, 9.17) is 4.74 Å². The molecule has 16 heavy (non-hydrogen) atoms. The maximum atomic E-state index is 5.38. The zero-order chi connectivity index (χ0) is 12.1. The van der Waals surface area contributed by atoms with Crippen molar-refractivity contribution in [1.82, 2.24) is 9.80 Å². The largest absolute Gasteiger partial charge is 0.497 e. The molecular formula is C13H24N2O. The molecule has 0 radical (unpaired) electrons. The Kier molecular flexibility index (Phi) is 4.87. The maximum Gasteiger partial charge on any atom is 0.119 e. The third-order valence-corrected chi connectivity index (χ3v) is 3.07. The number of methoxy groups -OCH3 is 1. The van der Waals surface area contributed by atoms with Gasteiger partial charge in [0.05, 0.1) is 7.11 Å². The molecule has 0 aromatic heterocycles. The predicted molar refractivity (Wildman–Crippen MR) is 68.2 cm³/mol. The molecule has 92 valence electrons. The first kappa shape index (κ1) is 13.1. The molecule has 1 aliphatic rings. The van der Waals surface area contributed by atoms with Crippen molar-refractivity contribution < 1.29 is 4.74 Å². The summed E-state index contributed by atoms with van der Waals surface area (Å²) >= 11 is 0. The molecule has 3 nitrogen and oxygen atoms in total. The first-order valence-electron chi connectivity index (χ1n) is 5.84. The van der Waals surface area contributed by atoms with E-state index in [0.29, 0.717) is 0 Å². The second-order valence-electron chi connectivity index (χ2n) is 4.71. The van der Waals surface area contributed by atoms with Crippen LogP contribution in [-0.2, 0) is 4.74 Å². The number of hydrogen-bond donors (Lipinski definition) is 0. The number of nitrogens with zero attached hydrogens (tertiary/aromatic N) is 2. The van der Waals surface area contributed by atoms with Crippen molar-refractivity contribution >= 4 is 0 Å². The van der Waals surface area contributed by atoms with Crippen LogP contribution >= 0.6 is 0 Å². The summed E-state index contributed by atoms with van der Waals surface area (Å²) < 4.78 is 5.38. The first-order valence-corrected chi connectivity index (χ1v) is 5.84. The third-order valence-electron chi connectivity index (χ3n) is 3.07. The number of ether oxygens (including phenoxy) is 1. The van der Waals surface area contributed by atoms with Crippen LogP contribution in [0.1, 0.15) is 19.8 Å². The molecule has 0 saturated heterocycles. The van der Waals surface area contributed by atoms with Gasteiger partial charge in [-0.2, -0.15) is 0 Å². The van der Waals surface area contributed by atoms with Crippen LogP contribution in [0.2, 0.25) is 0 Å². The standard InChI is InChI=1S/C13H24N2O/c1-11-6-7-12(10-13(11)16-5)15(4)9-8-14(2)3/h10H,6-9H2,1-5H3. The number of rotatable bonds is 5. The minimum Gasteiger partial charge on any atom is -0.497 e. The van der Waals surface area contributed by atoms with Crippen LogP contribution in [0.5, 0.6) is 0 Å². The highest BCUT2D eigenvalue weighted by Gasteiger charge is 2.13.